The van der Waals surface area contributed by atoms with Crippen LogP contribution < -0.4 is 0 Å². The maximum Gasteiger partial charge on any atom is -0.0102 e. The molecule has 0 aliphatic rings. The van der Waals surface area contributed by atoms with Crippen molar-refractivity contribution in [3.63, 3.8) is 0 Å². The summed E-state index contributed by atoms with van der Waals surface area (Å²) in [4.78, 5) is 0. The molecule has 36 heavy (non-hydrogen) atoms. The van der Waals surface area contributed by atoms with Crippen molar-refractivity contribution in [1.29, 1.82) is 0 Å². The van der Waals surface area contributed by atoms with Crippen LogP contribution in [0.2, 0.25) is 0 Å². The maximum absolute atomic E-state index is 2.37. The number of aryl methyl sites for hydroxylation is 2. The van der Waals surface area contributed by atoms with E-state index in [1.54, 1.807) is 0 Å². The molecule has 0 aliphatic heterocycles. The van der Waals surface area contributed by atoms with Crippen molar-refractivity contribution in [1.82, 2.24) is 0 Å². The Bertz CT molecular complexity index is 1810. The van der Waals surface area contributed by atoms with Crippen LogP contribution in [-0.4, -0.2) is 0 Å². The van der Waals surface area contributed by atoms with Crippen molar-refractivity contribution in [2.75, 3.05) is 0 Å². The molecule has 170 valence electrons. The zero-order valence-corrected chi connectivity index (χ0v) is 20.5. The minimum atomic E-state index is 1.26. The zero-order chi connectivity index (χ0) is 24.2. The molecule has 0 N–H and O–H groups in total. The van der Waals surface area contributed by atoms with Crippen molar-refractivity contribution < 1.29 is 0 Å². The van der Waals surface area contributed by atoms with Crippen molar-refractivity contribution >= 4 is 43.1 Å². The largest absolute Gasteiger partial charge is 0.0616 e. The third kappa shape index (κ3) is 3.30. The fraction of sp³-hybridized carbons (Fsp3) is 0.0556. The van der Waals surface area contributed by atoms with Crippen LogP contribution >= 0.6 is 0 Å². The molecule has 0 heteroatoms. The summed E-state index contributed by atoms with van der Waals surface area (Å²) >= 11 is 0. The van der Waals surface area contributed by atoms with Gasteiger partial charge >= 0.3 is 0 Å². The molecule has 0 radical (unpaired) electrons. The van der Waals surface area contributed by atoms with Crippen molar-refractivity contribution in [3.8, 4) is 22.3 Å². The minimum Gasteiger partial charge on any atom is -0.0616 e. The molecule has 0 spiro atoms. The van der Waals surface area contributed by atoms with Gasteiger partial charge in [0.05, 0.1) is 0 Å². The van der Waals surface area contributed by atoms with Crippen LogP contribution in [0.15, 0.2) is 121 Å². The average molecular weight is 459 g/mol. The van der Waals surface area contributed by atoms with E-state index in [0.29, 0.717) is 0 Å². The lowest BCUT2D eigenvalue weighted by molar-refractivity contribution is 1.41. The molecular formula is C36H26. The van der Waals surface area contributed by atoms with Crippen LogP contribution in [0.5, 0.6) is 0 Å². The molecule has 0 aliphatic carbocycles. The topological polar surface area (TPSA) is 0 Å². The van der Waals surface area contributed by atoms with E-state index in [4.69, 9.17) is 0 Å². The number of fused-ring (bicyclic) bond motifs is 5. The van der Waals surface area contributed by atoms with Gasteiger partial charge in [-0.15, -0.1) is 0 Å². The fourth-order valence-corrected chi connectivity index (χ4v) is 5.68. The first kappa shape index (κ1) is 20.9. The molecule has 7 aromatic carbocycles. The Labute approximate surface area is 211 Å². The summed E-state index contributed by atoms with van der Waals surface area (Å²) in [5.41, 5.74) is 7.77. The molecule has 0 nitrogen and oxygen atoms in total. The fourth-order valence-electron chi connectivity index (χ4n) is 5.68. The zero-order valence-electron chi connectivity index (χ0n) is 20.5. The molecule has 0 heterocycles. The lowest BCUT2D eigenvalue weighted by Crippen LogP contribution is -1.91. The van der Waals surface area contributed by atoms with Crippen LogP contribution in [-0.2, 0) is 0 Å². The lowest BCUT2D eigenvalue weighted by atomic mass is 9.89. The second-order valence-corrected chi connectivity index (χ2v) is 9.89. The van der Waals surface area contributed by atoms with Gasteiger partial charge in [0, 0.05) is 0 Å². The van der Waals surface area contributed by atoms with Crippen molar-refractivity contribution in [2.45, 2.75) is 13.8 Å². The van der Waals surface area contributed by atoms with Gasteiger partial charge in [-0.3, -0.25) is 0 Å². The Kier molecular flexibility index (Phi) is 4.69. The van der Waals surface area contributed by atoms with E-state index in [0.717, 1.165) is 0 Å². The summed E-state index contributed by atoms with van der Waals surface area (Å²) in [6.07, 6.45) is 0. The van der Waals surface area contributed by atoms with Crippen molar-refractivity contribution in [2.24, 2.45) is 0 Å². The number of hydrogen-bond acceptors (Lipinski definition) is 0. The van der Waals surface area contributed by atoms with Gasteiger partial charge < -0.3 is 0 Å². The van der Waals surface area contributed by atoms with Crippen LogP contribution in [0.1, 0.15) is 11.1 Å². The Hall–Kier alpha value is -4.42. The first-order valence-electron chi connectivity index (χ1n) is 12.6. The quantitative estimate of drug-likeness (QED) is 0.226. The Morgan fingerprint density at radius 1 is 0.306 bits per heavy atom. The summed E-state index contributed by atoms with van der Waals surface area (Å²) in [5, 5.41) is 10.4. The van der Waals surface area contributed by atoms with Crippen LogP contribution in [0.3, 0.4) is 0 Å². The van der Waals surface area contributed by atoms with E-state index >= 15 is 0 Å². The molecule has 7 rings (SSSR count). The highest BCUT2D eigenvalue weighted by molar-refractivity contribution is 6.12. The van der Waals surface area contributed by atoms with Gasteiger partial charge in [0.25, 0.3) is 0 Å². The highest BCUT2D eigenvalue weighted by Gasteiger charge is 2.12. The van der Waals surface area contributed by atoms with Crippen molar-refractivity contribution in [3.05, 3.63) is 132 Å². The lowest BCUT2D eigenvalue weighted by Gasteiger charge is -2.15. The molecule has 0 bridgehead atoms. The molecule has 7 aromatic rings. The van der Waals surface area contributed by atoms with E-state index in [9.17, 15) is 0 Å². The van der Waals surface area contributed by atoms with E-state index in [1.165, 1.54) is 76.5 Å². The summed E-state index contributed by atoms with van der Waals surface area (Å²) in [7, 11) is 0. The second-order valence-electron chi connectivity index (χ2n) is 9.89. The van der Waals surface area contributed by atoms with Gasteiger partial charge in [-0.05, 0) is 115 Å². The standard InChI is InChI=1S/C36H26/c1-23-24(2)36-22-32(30-14-12-26-8-4-6-10-28(26)20-30)16-18-34(36)33-17-15-31(21-35(23)33)29-13-11-25-7-3-5-9-27(25)19-29/h3-22H,1-2H3. The van der Waals surface area contributed by atoms with Gasteiger partial charge in [-0.2, -0.15) is 0 Å². The van der Waals surface area contributed by atoms with E-state index in [-0.39, 0.29) is 0 Å². The molecule has 0 amide bonds. The molecule has 0 saturated heterocycles. The van der Waals surface area contributed by atoms with Crippen LogP contribution in [0.4, 0.5) is 0 Å². The number of hydrogen-bond donors (Lipinski definition) is 0. The second kappa shape index (κ2) is 8.07. The average Bonchev–Trinajstić information content (AvgIpc) is 2.95. The summed E-state index contributed by atoms with van der Waals surface area (Å²) in [6, 6.07) is 44.6. The predicted octanol–water partition coefficient (Wildman–Crippen LogP) is 10.3. The van der Waals surface area contributed by atoms with Crippen LogP contribution in [0.25, 0.3) is 65.3 Å². The monoisotopic (exact) mass is 458 g/mol. The SMILES string of the molecule is Cc1c(C)c2cc(-c3ccc4ccccc4c3)ccc2c2ccc(-c3ccc4ccccc4c3)cc12. The minimum absolute atomic E-state index is 1.26. The Balaban J connectivity index is 1.39. The molecule has 0 unspecified atom stereocenters. The molecule has 0 aromatic heterocycles. The van der Waals surface area contributed by atoms with Gasteiger partial charge in [0.2, 0.25) is 0 Å². The number of rotatable bonds is 2. The van der Waals surface area contributed by atoms with Crippen LogP contribution in [0, 0.1) is 13.8 Å². The highest BCUT2D eigenvalue weighted by atomic mass is 14.2. The van der Waals surface area contributed by atoms with Gasteiger partial charge in [-0.25, -0.2) is 0 Å². The normalized spacial score (nSPS) is 11.6. The van der Waals surface area contributed by atoms with Gasteiger partial charge in [0.1, 0.15) is 0 Å². The molecule has 0 atom stereocenters. The Morgan fingerprint density at radius 3 is 1.11 bits per heavy atom. The molecular weight excluding hydrogens is 432 g/mol. The summed E-state index contributed by atoms with van der Waals surface area (Å²) in [6.45, 7) is 4.54. The maximum atomic E-state index is 2.37. The predicted molar refractivity (Wildman–Crippen MR) is 157 cm³/mol. The Morgan fingerprint density at radius 2 is 0.667 bits per heavy atom. The van der Waals surface area contributed by atoms with E-state index < -0.39 is 0 Å². The smallest absolute Gasteiger partial charge is 0.0102 e. The third-order valence-electron chi connectivity index (χ3n) is 7.87. The molecule has 0 saturated carbocycles. The first-order valence-corrected chi connectivity index (χ1v) is 12.6. The number of benzene rings is 7. The van der Waals surface area contributed by atoms with E-state index in [1.807, 2.05) is 0 Å². The molecule has 0 fully saturated rings. The van der Waals surface area contributed by atoms with E-state index in [2.05, 4.69) is 135 Å². The van der Waals surface area contributed by atoms with Gasteiger partial charge in [-0.1, -0.05) is 97.1 Å². The highest BCUT2D eigenvalue weighted by Crippen LogP contribution is 2.37. The summed E-state index contributed by atoms with van der Waals surface area (Å²) in [5.74, 6) is 0. The first-order chi connectivity index (χ1) is 17.7. The van der Waals surface area contributed by atoms with Gasteiger partial charge in [0.15, 0.2) is 0 Å². The third-order valence-corrected chi connectivity index (χ3v) is 7.87. The summed E-state index contributed by atoms with van der Waals surface area (Å²) < 4.78 is 0.